The van der Waals surface area contributed by atoms with Crippen LogP contribution in [0.15, 0.2) is 18.2 Å². The molecule has 0 fully saturated rings. The molecule has 6 heteroatoms. The van der Waals surface area contributed by atoms with Gasteiger partial charge in [-0.3, -0.25) is 0 Å². The molecule has 0 spiro atoms. The maximum absolute atomic E-state index is 13.2. The molecule has 0 amide bonds. The third kappa shape index (κ3) is 2.30. The molecule has 1 aromatic heterocycles. The summed E-state index contributed by atoms with van der Waals surface area (Å²) < 4.78 is 15.0. The lowest BCUT2D eigenvalue weighted by Gasteiger charge is -2.27. The van der Waals surface area contributed by atoms with Gasteiger partial charge in [-0.2, -0.15) is 0 Å². The van der Waals surface area contributed by atoms with Gasteiger partial charge in [0.05, 0.1) is 11.2 Å². The van der Waals surface area contributed by atoms with Crippen LogP contribution in [0.4, 0.5) is 10.1 Å². The number of halogens is 1. The van der Waals surface area contributed by atoms with E-state index in [2.05, 4.69) is 36.3 Å². The second kappa shape index (κ2) is 4.95. The van der Waals surface area contributed by atoms with Gasteiger partial charge in [-0.05, 0) is 48.4 Å². The third-order valence-corrected chi connectivity index (χ3v) is 3.76. The van der Waals surface area contributed by atoms with Crippen LogP contribution in [0.1, 0.15) is 33.6 Å². The topological polar surface area (TPSA) is 69.6 Å². The molecule has 0 atom stereocenters. The van der Waals surface area contributed by atoms with Crippen LogP contribution in [0.25, 0.3) is 11.4 Å². The Balaban J connectivity index is 2.52. The summed E-state index contributed by atoms with van der Waals surface area (Å²) in [5.74, 6) is 0.175. The Labute approximate surface area is 111 Å². The number of aromatic nitrogens is 4. The van der Waals surface area contributed by atoms with Crippen LogP contribution in [0, 0.1) is 5.82 Å². The molecule has 5 nitrogen and oxygen atoms in total. The van der Waals surface area contributed by atoms with Crippen LogP contribution >= 0.6 is 0 Å². The summed E-state index contributed by atoms with van der Waals surface area (Å²) >= 11 is 0. The largest absolute Gasteiger partial charge is 0.396 e. The Morgan fingerprint density at radius 2 is 2.00 bits per heavy atom. The summed E-state index contributed by atoms with van der Waals surface area (Å²) in [6.07, 6.45) is 1.80. The van der Waals surface area contributed by atoms with E-state index in [1.54, 1.807) is 16.8 Å². The van der Waals surface area contributed by atoms with Crippen molar-refractivity contribution < 1.29 is 4.39 Å². The van der Waals surface area contributed by atoms with Gasteiger partial charge in [0.1, 0.15) is 5.82 Å². The summed E-state index contributed by atoms with van der Waals surface area (Å²) in [6, 6.07) is 4.53. The first-order chi connectivity index (χ1) is 9.01. The summed E-state index contributed by atoms with van der Waals surface area (Å²) in [6.45, 7) is 6.28. The number of tetrazole rings is 1. The number of nitrogens with two attached hydrogens (primary N) is 1. The minimum Gasteiger partial charge on any atom is -0.396 e. The highest BCUT2D eigenvalue weighted by Gasteiger charge is 2.27. The molecular weight excluding hydrogens is 245 g/mol. The van der Waals surface area contributed by atoms with Crippen molar-refractivity contribution in [3.8, 4) is 11.4 Å². The lowest BCUT2D eigenvalue weighted by molar-refractivity contribution is 0.262. The highest BCUT2D eigenvalue weighted by Crippen LogP contribution is 2.29. The number of anilines is 1. The maximum Gasteiger partial charge on any atom is 0.182 e. The number of benzene rings is 1. The minimum atomic E-state index is -0.434. The van der Waals surface area contributed by atoms with Gasteiger partial charge in [-0.25, -0.2) is 9.07 Å². The molecule has 0 aliphatic rings. The van der Waals surface area contributed by atoms with Gasteiger partial charge in [0.15, 0.2) is 5.82 Å². The van der Waals surface area contributed by atoms with Gasteiger partial charge in [0.25, 0.3) is 0 Å². The molecule has 1 heterocycles. The zero-order valence-corrected chi connectivity index (χ0v) is 11.4. The van der Waals surface area contributed by atoms with E-state index in [0.29, 0.717) is 5.82 Å². The number of hydrogen-bond donors (Lipinski definition) is 1. The fourth-order valence-corrected chi connectivity index (χ4v) is 1.96. The average Bonchev–Trinajstić information content (AvgIpc) is 2.91. The minimum absolute atomic E-state index is 0.0988. The quantitative estimate of drug-likeness (QED) is 0.861. The van der Waals surface area contributed by atoms with E-state index in [4.69, 9.17) is 5.73 Å². The van der Waals surface area contributed by atoms with E-state index in [-0.39, 0.29) is 11.2 Å². The van der Waals surface area contributed by atoms with E-state index in [0.717, 1.165) is 18.4 Å². The molecule has 102 valence electrons. The Bertz CT molecular complexity index is 574. The normalized spacial score (nSPS) is 11.8. The molecule has 19 heavy (non-hydrogen) atoms. The van der Waals surface area contributed by atoms with E-state index in [1.807, 2.05) is 0 Å². The molecule has 0 radical (unpaired) electrons. The van der Waals surface area contributed by atoms with Crippen molar-refractivity contribution in [2.24, 2.45) is 0 Å². The molecule has 0 saturated heterocycles. The summed E-state index contributed by atoms with van der Waals surface area (Å²) in [7, 11) is 0. The van der Waals surface area contributed by atoms with Crippen molar-refractivity contribution in [2.45, 2.75) is 39.2 Å². The summed E-state index contributed by atoms with van der Waals surface area (Å²) in [4.78, 5) is 0. The molecule has 0 saturated carbocycles. The van der Waals surface area contributed by atoms with Gasteiger partial charge in [0.2, 0.25) is 0 Å². The van der Waals surface area contributed by atoms with E-state index >= 15 is 0 Å². The average molecular weight is 263 g/mol. The first kappa shape index (κ1) is 13.5. The Morgan fingerprint density at radius 3 is 2.58 bits per heavy atom. The van der Waals surface area contributed by atoms with Gasteiger partial charge in [-0.1, -0.05) is 13.8 Å². The molecule has 2 rings (SSSR count). The van der Waals surface area contributed by atoms with Crippen LogP contribution in [0.5, 0.6) is 0 Å². The molecule has 2 N–H and O–H groups in total. The van der Waals surface area contributed by atoms with Crippen LogP contribution < -0.4 is 5.73 Å². The number of hydrogen-bond acceptors (Lipinski definition) is 4. The zero-order chi connectivity index (χ0) is 14.0. The van der Waals surface area contributed by atoms with E-state index < -0.39 is 5.82 Å². The predicted octanol–water partition coefficient (Wildman–Crippen LogP) is 2.60. The molecule has 1 aromatic carbocycles. The molecule has 2 aromatic rings. The lowest BCUT2D eigenvalue weighted by Crippen LogP contribution is -2.30. The van der Waals surface area contributed by atoms with E-state index in [9.17, 15) is 4.39 Å². The first-order valence-corrected chi connectivity index (χ1v) is 6.36. The van der Waals surface area contributed by atoms with E-state index in [1.165, 1.54) is 6.07 Å². The van der Waals surface area contributed by atoms with Gasteiger partial charge < -0.3 is 5.73 Å². The Hall–Kier alpha value is -1.98. The molecule has 0 aliphatic heterocycles. The van der Waals surface area contributed by atoms with Crippen molar-refractivity contribution in [3.05, 3.63) is 24.0 Å². The summed E-state index contributed by atoms with van der Waals surface area (Å²) in [5, 5.41) is 11.9. The number of rotatable bonds is 4. The van der Waals surface area contributed by atoms with Gasteiger partial charge in [-0.15, -0.1) is 5.10 Å². The van der Waals surface area contributed by atoms with Crippen molar-refractivity contribution in [1.29, 1.82) is 0 Å². The smallest absolute Gasteiger partial charge is 0.182 e. The zero-order valence-electron chi connectivity index (χ0n) is 11.4. The molecular formula is C13H18FN5. The number of nitrogens with zero attached hydrogens (tertiary/aromatic N) is 4. The fraction of sp³-hybridized carbons (Fsp3) is 0.462. The molecule has 0 bridgehead atoms. The maximum atomic E-state index is 13.2. The SMILES string of the molecule is CCC(C)(CC)n1nnnc1-c1ccc(F)c(N)c1. The standard InChI is InChI=1S/C13H18FN5/c1-4-13(3,5-2)19-12(16-17-18-19)9-6-7-10(14)11(15)8-9/h6-8H,4-5,15H2,1-3H3. The Morgan fingerprint density at radius 1 is 1.32 bits per heavy atom. The van der Waals surface area contributed by atoms with Crippen molar-refractivity contribution >= 4 is 5.69 Å². The van der Waals surface area contributed by atoms with Crippen molar-refractivity contribution in [1.82, 2.24) is 20.2 Å². The van der Waals surface area contributed by atoms with Crippen LogP contribution in [-0.4, -0.2) is 20.2 Å². The Kier molecular flexibility index (Phi) is 3.50. The highest BCUT2D eigenvalue weighted by molar-refractivity contribution is 5.61. The number of nitrogen functional groups attached to an aromatic ring is 1. The van der Waals surface area contributed by atoms with Crippen molar-refractivity contribution in [3.63, 3.8) is 0 Å². The molecule has 0 aliphatic carbocycles. The second-order valence-electron chi connectivity index (χ2n) is 4.85. The fourth-order valence-electron chi connectivity index (χ4n) is 1.96. The summed E-state index contributed by atoms with van der Waals surface area (Å²) in [5.41, 5.74) is 6.25. The van der Waals surface area contributed by atoms with Crippen LogP contribution in [0.2, 0.25) is 0 Å². The monoisotopic (exact) mass is 263 g/mol. The molecule has 0 unspecified atom stereocenters. The first-order valence-electron chi connectivity index (χ1n) is 6.36. The second-order valence-corrected chi connectivity index (χ2v) is 4.85. The van der Waals surface area contributed by atoms with Crippen molar-refractivity contribution in [2.75, 3.05) is 5.73 Å². The lowest BCUT2D eigenvalue weighted by atomic mass is 9.95. The van der Waals surface area contributed by atoms with Gasteiger partial charge in [0, 0.05) is 5.56 Å². The van der Waals surface area contributed by atoms with Crippen LogP contribution in [0.3, 0.4) is 0 Å². The highest BCUT2D eigenvalue weighted by atomic mass is 19.1. The predicted molar refractivity (Wildman–Crippen MR) is 71.9 cm³/mol. The van der Waals surface area contributed by atoms with Crippen LogP contribution in [-0.2, 0) is 5.54 Å². The third-order valence-electron chi connectivity index (χ3n) is 3.76. The van der Waals surface area contributed by atoms with Gasteiger partial charge >= 0.3 is 0 Å².